The van der Waals surface area contributed by atoms with E-state index >= 15 is 0 Å². The minimum absolute atomic E-state index is 0.157. The molecule has 0 radical (unpaired) electrons. The van der Waals surface area contributed by atoms with Gasteiger partial charge in [-0.25, -0.2) is 4.18 Å². The fraction of sp³-hybridized carbons (Fsp3) is 0.429. The molecule has 0 fully saturated rings. The first-order valence-electron chi connectivity index (χ1n) is 6.60. The lowest BCUT2D eigenvalue weighted by molar-refractivity contribution is -0.0274. The third-order valence-corrected chi connectivity index (χ3v) is 5.44. The van der Waals surface area contributed by atoms with Gasteiger partial charge in [-0.2, -0.15) is 8.42 Å². The molecule has 7 heteroatoms. The van der Waals surface area contributed by atoms with E-state index in [0.29, 0.717) is 12.2 Å². The minimum Gasteiger partial charge on any atom is -0.376 e. The van der Waals surface area contributed by atoms with Crippen LogP contribution in [0.1, 0.15) is 12.5 Å². The third-order valence-electron chi connectivity index (χ3n) is 3.01. The highest BCUT2D eigenvalue weighted by Gasteiger charge is 2.42. The number of thioether (sulfide) groups is 1. The van der Waals surface area contributed by atoms with Crippen LogP contribution in [0.4, 0.5) is 0 Å². The summed E-state index contributed by atoms with van der Waals surface area (Å²) in [6, 6.07) is 8.98. The van der Waals surface area contributed by atoms with Crippen LogP contribution >= 0.6 is 11.8 Å². The summed E-state index contributed by atoms with van der Waals surface area (Å²) in [6.07, 6.45) is 1.78. The highest BCUT2D eigenvalue weighted by atomic mass is 32.2. The number of likely N-dealkylation sites (N-methyl/N-ethyl adjacent to an activating group) is 1. The number of ether oxygens (including phenoxy) is 1. The summed E-state index contributed by atoms with van der Waals surface area (Å²) in [7, 11) is -1.95. The molecule has 1 atom stereocenters. The van der Waals surface area contributed by atoms with E-state index in [1.165, 1.54) is 11.8 Å². The molecular weight excluding hydrogens is 310 g/mol. The van der Waals surface area contributed by atoms with Crippen molar-refractivity contribution in [2.45, 2.75) is 17.7 Å². The monoisotopic (exact) mass is 329 g/mol. The first-order valence-corrected chi connectivity index (χ1v) is 9.05. The van der Waals surface area contributed by atoms with Crippen LogP contribution in [0.3, 0.4) is 0 Å². The maximum Gasteiger partial charge on any atom is 0.274 e. The molecule has 0 saturated heterocycles. The second kappa shape index (κ2) is 6.83. The fourth-order valence-electron chi connectivity index (χ4n) is 1.90. The van der Waals surface area contributed by atoms with Gasteiger partial charge in [0, 0.05) is 19.9 Å². The molecule has 116 valence electrons. The molecule has 0 N–H and O–H groups in total. The highest BCUT2D eigenvalue weighted by molar-refractivity contribution is 8.04. The van der Waals surface area contributed by atoms with Gasteiger partial charge >= 0.3 is 0 Å². The maximum absolute atomic E-state index is 12.3. The number of benzene rings is 1. The Hall–Kier alpha value is -1.02. The molecule has 0 bridgehead atoms. The van der Waals surface area contributed by atoms with E-state index in [1.54, 1.807) is 47.8 Å². The normalized spacial score (nSPS) is 21.9. The van der Waals surface area contributed by atoms with E-state index < -0.39 is 15.2 Å². The Bertz CT molecular complexity index is 588. The number of hydrogen-bond donors (Lipinski definition) is 0. The molecule has 0 aromatic heterocycles. The summed E-state index contributed by atoms with van der Waals surface area (Å²) in [5.74, 6) is -0.157. The Morgan fingerprint density at radius 2 is 2.00 bits per heavy atom. The van der Waals surface area contributed by atoms with Gasteiger partial charge in [0.25, 0.3) is 10.1 Å². The zero-order chi connectivity index (χ0) is 15.3. The van der Waals surface area contributed by atoms with Crippen molar-refractivity contribution in [3.05, 3.63) is 47.5 Å². The lowest BCUT2D eigenvalue weighted by Gasteiger charge is -2.34. The lowest BCUT2D eigenvalue weighted by Crippen LogP contribution is -2.46. The molecule has 5 nitrogen and oxygen atoms in total. The van der Waals surface area contributed by atoms with E-state index in [2.05, 4.69) is 0 Å². The van der Waals surface area contributed by atoms with Crippen molar-refractivity contribution in [2.75, 3.05) is 20.3 Å². The Morgan fingerprint density at radius 3 is 2.57 bits per heavy atom. The van der Waals surface area contributed by atoms with Gasteiger partial charge in [0.2, 0.25) is 5.06 Å². The average Bonchev–Trinajstić information content (AvgIpc) is 2.78. The Morgan fingerprint density at radius 1 is 1.29 bits per heavy atom. The Kier molecular flexibility index (Phi) is 5.32. The van der Waals surface area contributed by atoms with Gasteiger partial charge in [0.1, 0.15) is 12.4 Å². The summed E-state index contributed by atoms with van der Waals surface area (Å²) in [5.41, 5.74) is 0.697. The van der Waals surface area contributed by atoms with Crippen molar-refractivity contribution >= 4 is 21.9 Å². The SMILES string of the molecule is CCOCC1(OS(=O)(=O)Cc2ccccc2)SC=CN1C. The molecular formula is C14H19NO4S2. The van der Waals surface area contributed by atoms with E-state index in [0.717, 1.165) is 0 Å². The van der Waals surface area contributed by atoms with Gasteiger partial charge in [0.15, 0.2) is 0 Å². The predicted octanol–water partition coefficient (Wildman–Crippen LogP) is 2.37. The van der Waals surface area contributed by atoms with E-state index in [4.69, 9.17) is 8.92 Å². The molecule has 1 unspecified atom stereocenters. The van der Waals surface area contributed by atoms with Crippen molar-refractivity contribution in [1.82, 2.24) is 4.90 Å². The first-order chi connectivity index (χ1) is 9.97. The zero-order valence-electron chi connectivity index (χ0n) is 12.1. The predicted molar refractivity (Wildman–Crippen MR) is 83.9 cm³/mol. The van der Waals surface area contributed by atoms with E-state index in [1.807, 2.05) is 13.0 Å². The summed E-state index contributed by atoms with van der Waals surface area (Å²) >= 11 is 1.29. The molecule has 0 spiro atoms. The van der Waals surface area contributed by atoms with Crippen molar-refractivity contribution in [3.63, 3.8) is 0 Å². The van der Waals surface area contributed by atoms with Crippen molar-refractivity contribution in [3.8, 4) is 0 Å². The highest BCUT2D eigenvalue weighted by Crippen LogP contribution is 2.38. The molecule has 1 aromatic carbocycles. The number of rotatable bonds is 7. The third kappa shape index (κ3) is 4.23. The number of nitrogens with zero attached hydrogens (tertiary/aromatic N) is 1. The van der Waals surface area contributed by atoms with Gasteiger partial charge in [-0.3, -0.25) is 0 Å². The van der Waals surface area contributed by atoms with Crippen molar-refractivity contribution < 1.29 is 17.3 Å². The van der Waals surface area contributed by atoms with Crippen LogP contribution in [-0.4, -0.2) is 38.6 Å². The Labute approximate surface area is 130 Å². The van der Waals surface area contributed by atoms with Crippen molar-refractivity contribution in [1.29, 1.82) is 0 Å². The van der Waals surface area contributed by atoms with Crippen LogP contribution in [0.15, 0.2) is 41.9 Å². The van der Waals surface area contributed by atoms with Gasteiger partial charge in [-0.15, -0.1) is 0 Å². The van der Waals surface area contributed by atoms with E-state index in [9.17, 15) is 8.42 Å². The van der Waals surface area contributed by atoms with Crippen LogP contribution < -0.4 is 0 Å². The molecule has 21 heavy (non-hydrogen) atoms. The lowest BCUT2D eigenvalue weighted by atomic mass is 10.2. The molecule has 1 aromatic rings. The summed E-state index contributed by atoms with van der Waals surface area (Å²) in [6.45, 7) is 2.53. The van der Waals surface area contributed by atoms with Gasteiger partial charge in [-0.1, -0.05) is 42.1 Å². The molecule has 1 aliphatic heterocycles. The second-order valence-electron chi connectivity index (χ2n) is 4.63. The molecule has 1 heterocycles. The molecule has 2 rings (SSSR count). The molecule has 0 aliphatic carbocycles. The first kappa shape index (κ1) is 16.4. The van der Waals surface area contributed by atoms with Crippen LogP contribution in [0, 0.1) is 0 Å². The fourth-order valence-corrected chi connectivity index (χ4v) is 4.43. The smallest absolute Gasteiger partial charge is 0.274 e. The van der Waals surface area contributed by atoms with Crippen LogP contribution in [0.5, 0.6) is 0 Å². The van der Waals surface area contributed by atoms with Crippen LogP contribution in [0.25, 0.3) is 0 Å². The Balaban J connectivity index is 2.12. The summed E-state index contributed by atoms with van der Waals surface area (Å²) in [4.78, 5) is 1.72. The van der Waals surface area contributed by atoms with Crippen LogP contribution in [-0.2, 0) is 24.8 Å². The quantitative estimate of drug-likeness (QED) is 0.716. The van der Waals surface area contributed by atoms with Crippen LogP contribution in [0.2, 0.25) is 0 Å². The maximum atomic E-state index is 12.3. The largest absolute Gasteiger partial charge is 0.376 e. The molecule has 0 amide bonds. The summed E-state index contributed by atoms with van der Waals surface area (Å²) in [5, 5.41) is 0.751. The van der Waals surface area contributed by atoms with Crippen molar-refractivity contribution in [2.24, 2.45) is 0 Å². The summed E-state index contributed by atoms with van der Waals surface area (Å²) < 4.78 is 35.5. The second-order valence-corrected chi connectivity index (χ2v) is 7.35. The van der Waals surface area contributed by atoms with Gasteiger partial charge in [-0.05, 0) is 17.9 Å². The minimum atomic E-state index is -3.72. The number of hydrogen-bond acceptors (Lipinski definition) is 6. The molecule has 1 aliphatic rings. The van der Waals surface area contributed by atoms with Gasteiger partial charge in [0.05, 0.1) is 0 Å². The van der Waals surface area contributed by atoms with Gasteiger partial charge < -0.3 is 9.64 Å². The topological polar surface area (TPSA) is 55.8 Å². The molecule has 0 saturated carbocycles. The average molecular weight is 329 g/mol. The van der Waals surface area contributed by atoms with E-state index in [-0.39, 0.29) is 12.4 Å². The zero-order valence-corrected chi connectivity index (χ0v) is 13.7. The standard InChI is InChI=1S/C14H19NO4S2/c1-3-18-12-14(15(2)9-10-20-14)19-21(16,17)11-13-7-5-4-6-8-13/h4-10H,3,11-12H2,1-2H3.